The number of H-pyrrole nitrogens is 1. The fourth-order valence-corrected chi connectivity index (χ4v) is 0.648. The van der Waals surface area contributed by atoms with Crippen LogP contribution < -0.4 is 0 Å². The summed E-state index contributed by atoms with van der Waals surface area (Å²) in [7, 11) is 0. The maximum atomic E-state index is 3.86. The van der Waals surface area contributed by atoms with Gasteiger partial charge < -0.3 is 0 Å². The van der Waals surface area contributed by atoms with Crippen molar-refractivity contribution in [3.8, 4) is 0 Å². The lowest BCUT2D eigenvalue weighted by molar-refractivity contribution is 1.09. The van der Waals surface area contributed by atoms with E-state index in [1.165, 1.54) is 0 Å². The predicted octanol–water partition coefficient (Wildman–Crippen LogP) is 2.86. The number of aromatic nitrogens is 2. The summed E-state index contributed by atoms with van der Waals surface area (Å²) in [4.78, 5) is 0. The number of aromatic amines is 1. The van der Waals surface area contributed by atoms with E-state index in [1.807, 2.05) is 20.0 Å². The minimum Gasteiger partial charge on any atom is -0.285 e. The second-order valence-corrected chi connectivity index (χ2v) is 1.94. The van der Waals surface area contributed by atoms with Gasteiger partial charge in [-0.3, -0.25) is 5.10 Å². The van der Waals surface area contributed by atoms with Crippen molar-refractivity contribution in [2.45, 2.75) is 27.2 Å². The molecule has 0 saturated heterocycles. The first-order valence-corrected chi connectivity index (χ1v) is 4.01. The highest BCUT2D eigenvalue weighted by molar-refractivity contribution is 5.61. The SMILES string of the molecule is C=C(CC)c1cn[nH]c1.CC. The molecule has 0 bridgehead atoms. The predicted molar refractivity (Wildman–Crippen MR) is 49.3 cm³/mol. The maximum Gasteiger partial charge on any atom is 0.0562 e. The average Bonchev–Trinajstić information content (AvgIpc) is 2.59. The zero-order valence-corrected chi connectivity index (χ0v) is 7.52. The molecule has 0 aromatic carbocycles. The van der Waals surface area contributed by atoms with Crippen LogP contribution >= 0.6 is 0 Å². The first-order chi connectivity index (χ1) is 5.34. The largest absolute Gasteiger partial charge is 0.285 e. The Hall–Kier alpha value is -1.05. The van der Waals surface area contributed by atoms with E-state index in [1.54, 1.807) is 6.20 Å². The Morgan fingerprint density at radius 3 is 2.64 bits per heavy atom. The van der Waals surface area contributed by atoms with Gasteiger partial charge in [-0.15, -0.1) is 0 Å². The fraction of sp³-hybridized carbons (Fsp3) is 0.444. The second-order valence-electron chi connectivity index (χ2n) is 1.94. The lowest BCUT2D eigenvalue weighted by atomic mass is 10.1. The van der Waals surface area contributed by atoms with Crippen LogP contribution in [0.25, 0.3) is 5.57 Å². The van der Waals surface area contributed by atoms with Crippen molar-refractivity contribution in [3.63, 3.8) is 0 Å². The van der Waals surface area contributed by atoms with Crippen LogP contribution in [0.15, 0.2) is 19.0 Å². The van der Waals surface area contributed by atoms with Gasteiger partial charge in [0.2, 0.25) is 0 Å². The van der Waals surface area contributed by atoms with Crippen LogP contribution in [-0.2, 0) is 0 Å². The van der Waals surface area contributed by atoms with Crippen LogP contribution in [0.1, 0.15) is 32.8 Å². The molecule has 11 heavy (non-hydrogen) atoms. The van der Waals surface area contributed by atoms with E-state index >= 15 is 0 Å². The quantitative estimate of drug-likeness (QED) is 0.693. The lowest BCUT2D eigenvalue weighted by Crippen LogP contribution is -1.73. The standard InChI is InChI=1S/C7H10N2.C2H6/c1-3-6(2)7-4-8-9-5-7;1-2/h4-5H,2-3H2,1H3,(H,8,9);1-2H3. The molecule has 1 aromatic heterocycles. The minimum atomic E-state index is 0.986. The molecule has 0 saturated carbocycles. The van der Waals surface area contributed by atoms with E-state index in [2.05, 4.69) is 23.7 Å². The molecular formula is C9H16N2. The summed E-state index contributed by atoms with van der Waals surface area (Å²) in [6, 6.07) is 0. The molecule has 2 heteroatoms. The van der Waals surface area contributed by atoms with Crippen molar-refractivity contribution in [1.82, 2.24) is 10.2 Å². The Morgan fingerprint density at radius 2 is 2.27 bits per heavy atom. The molecule has 0 fully saturated rings. The molecule has 0 unspecified atom stereocenters. The highest BCUT2D eigenvalue weighted by atomic mass is 15.1. The van der Waals surface area contributed by atoms with Gasteiger partial charge in [0.05, 0.1) is 6.20 Å². The Balaban J connectivity index is 0.000000461. The van der Waals surface area contributed by atoms with Gasteiger partial charge in [0.1, 0.15) is 0 Å². The van der Waals surface area contributed by atoms with Gasteiger partial charge in [-0.25, -0.2) is 0 Å². The first-order valence-electron chi connectivity index (χ1n) is 4.01. The van der Waals surface area contributed by atoms with Crippen molar-refractivity contribution in [2.24, 2.45) is 0 Å². The highest BCUT2D eigenvalue weighted by Crippen LogP contribution is 2.11. The molecule has 0 aliphatic heterocycles. The van der Waals surface area contributed by atoms with E-state index in [4.69, 9.17) is 0 Å². The van der Waals surface area contributed by atoms with Crippen molar-refractivity contribution in [2.75, 3.05) is 0 Å². The van der Waals surface area contributed by atoms with Gasteiger partial charge in [-0.1, -0.05) is 27.4 Å². The Morgan fingerprint density at radius 1 is 1.64 bits per heavy atom. The van der Waals surface area contributed by atoms with Gasteiger partial charge in [-0.05, 0) is 12.0 Å². The third-order valence-corrected chi connectivity index (χ3v) is 1.33. The highest BCUT2D eigenvalue weighted by Gasteiger charge is 1.93. The van der Waals surface area contributed by atoms with E-state index in [9.17, 15) is 0 Å². The number of nitrogens with zero attached hydrogens (tertiary/aromatic N) is 1. The Kier molecular flexibility index (Phi) is 5.17. The van der Waals surface area contributed by atoms with Crippen LogP contribution in [0.3, 0.4) is 0 Å². The molecule has 62 valence electrons. The summed E-state index contributed by atoms with van der Waals surface area (Å²) in [6.07, 6.45) is 4.62. The molecule has 1 N–H and O–H groups in total. The molecule has 0 spiro atoms. The average molecular weight is 152 g/mol. The zero-order valence-electron chi connectivity index (χ0n) is 7.52. The molecule has 0 atom stereocenters. The lowest BCUT2D eigenvalue weighted by Gasteiger charge is -1.92. The number of hydrogen-bond acceptors (Lipinski definition) is 1. The van der Waals surface area contributed by atoms with Crippen molar-refractivity contribution >= 4 is 5.57 Å². The molecule has 0 amide bonds. The number of hydrogen-bond donors (Lipinski definition) is 1. The zero-order chi connectivity index (χ0) is 8.69. The topological polar surface area (TPSA) is 28.7 Å². The van der Waals surface area contributed by atoms with Gasteiger partial charge in [0.15, 0.2) is 0 Å². The summed E-state index contributed by atoms with van der Waals surface area (Å²) in [6.45, 7) is 9.93. The van der Waals surface area contributed by atoms with Crippen LogP contribution in [0.4, 0.5) is 0 Å². The van der Waals surface area contributed by atoms with Crippen LogP contribution in [0.5, 0.6) is 0 Å². The number of nitrogens with one attached hydrogen (secondary N) is 1. The smallest absolute Gasteiger partial charge is 0.0562 e. The van der Waals surface area contributed by atoms with Crippen LogP contribution in [0, 0.1) is 0 Å². The maximum absolute atomic E-state index is 3.86. The molecule has 0 radical (unpaired) electrons. The molecular weight excluding hydrogens is 136 g/mol. The van der Waals surface area contributed by atoms with E-state index in [0.29, 0.717) is 0 Å². The van der Waals surface area contributed by atoms with Gasteiger partial charge in [0.25, 0.3) is 0 Å². The number of allylic oxidation sites excluding steroid dienone is 1. The summed E-state index contributed by atoms with van der Waals surface area (Å²) >= 11 is 0. The summed E-state index contributed by atoms with van der Waals surface area (Å²) in [5.74, 6) is 0. The minimum absolute atomic E-state index is 0.986. The molecule has 1 aromatic rings. The normalized spacial score (nSPS) is 8.27. The summed E-state index contributed by atoms with van der Waals surface area (Å²) < 4.78 is 0. The molecule has 0 aliphatic carbocycles. The summed E-state index contributed by atoms with van der Waals surface area (Å²) in [5.41, 5.74) is 2.24. The van der Waals surface area contributed by atoms with E-state index in [0.717, 1.165) is 17.6 Å². The summed E-state index contributed by atoms with van der Waals surface area (Å²) in [5, 5.41) is 6.54. The molecule has 1 heterocycles. The first kappa shape index (κ1) is 9.95. The van der Waals surface area contributed by atoms with Crippen molar-refractivity contribution in [3.05, 3.63) is 24.5 Å². The number of rotatable bonds is 2. The fourth-order valence-electron chi connectivity index (χ4n) is 0.648. The Bertz CT molecular complexity index is 187. The van der Waals surface area contributed by atoms with Crippen LogP contribution in [-0.4, -0.2) is 10.2 Å². The van der Waals surface area contributed by atoms with Crippen molar-refractivity contribution in [1.29, 1.82) is 0 Å². The second kappa shape index (κ2) is 5.71. The van der Waals surface area contributed by atoms with Gasteiger partial charge >= 0.3 is 0 Å². The van der Waals surface area contributed by atoms with Gasteiger partial charge in [0, 0.05) is 11.8 Å². The Labute approximate surface area is 68.3 Å². The van der Waals surface area contributed by atoms with Gasteiger partial charge in [-0.2, -0.15) is 5.10 Å². The molecule has 2 nitrogen and oxygen atoms in total. The third-order valence-electron chi connectivity index (χ3n) is 1.33. The molecule has 0 aliphatic rings. The monoisotopic (exact) mass is 152 g/mol. The van der Waals surface area contributed by atoms with Crippen molar-refractivity contribution < 1.29 is 0 Å². The third kappa shape index (κ3) is 3.03. The van der Waals surface area contributed by atoms with Crippen LogP contribution in [0.2, 0.25) is 0 Å². The van der Waals surface area contributed by atoms with E-state index in [-0.39, 0.29) is 0 Å². The van der Waals surface area contributed by atoms with E-state index < -0.39 is 0 Å². The molecule has 1 rings (SSSR count).